The highest BCUT2D eigenvalue weighted by atomic mass is 19.4. The fraction of sp³-hybridized carbons (Fsp3) is 0.533. The molecular formula is C15H18F4N2O3. The molecule has 1 aliphatic heterocycles. The SMILES string of the molecule is COc1c(NC(=O)C(F)(F)F)cc(F)cc1C1(O)CCN(C)CC1. The Bertz CT molecular complexity index is 626. The van der Waals surface area contributed by atoms with Gasteiger partial charge < -0.3 is 20.1 Å². The Morgan fingerprint density at radius 2 is 1.92 bits per heavy atom. The van der Waals surface area contributed by atoms with Gasteiger partial charge in [0.1, 0.15) is 11.6 Å². The number of carbonyl (C=O) groups is 1. The predicted octanol–water partition coefficient (Wildman–Crippen LogP) is 2.25. The summed E-state index contributed by atoms with van der Waals surface area (Å²) in [7, 11) is 3.04. The van der Waals surface area contributed by atoms with E-state index in [9.17, 15) is 27.5 Å². The third-order valence-electron chi connectivity index (χ3n) is 4.08. The molecule has 0 unspecified atom stereocenters. The number of alkyl halides is 3. The molecule has 5 nitrogen and oxygen atoms in total. The molecule has 24 heavy (non-hydrogen) atoms. The van der Waals surface area contributed by atoms with Crippen molar-refractivity contribution in [1.82, 2.24) is 4.90 Å². The number of nitrogens with zero attached hydrogens (tertiary/aromatic N) is 1. The van der Waals surface area contributed by atoms with E-state index in [0.29, 0.717) is 13.1 Å². The molecule has 9 heteroatoms. The number of halogens is 4. The van der Waals surface area contributed by atoms with E-state index in [1.54, 1.807) is 5.32 Å². The zero-order chi connectivity index (χ0) is 18.1. The second kappa shape index (κ2) is 6.56. The minimum atomic E-state index is -5.12. The molecule has 1 aromatic rings. The van der Waals surface area contributed by atoms with Crippen LogP contribution < -0.4 is 10.1 Å². The van der Waals surface area contributed by atoms with Gasteiger partial charge in [0.15, 0.2) is 0 Å². The van der Waals surface area contributed by atoms with Crippen LogP contribution in [0.2, 0.25) is 0 Å². The maximum atomic E-state index is 13.9. The van der Waals surface area contributed by atoms with Crippen LogP contribution in [-0.2, 0) is 10.4 Å². The largest absolute Gasteiger partial charge is 0.494 e. The zero-order valence-corrected chi connectivity index (χ0v) is 13.2. The topological polar surface area (TPSA) is 61.8 Å². The molecule has 2 rings (SSSR count). The van der Waals surface area contributed by atoms with Crippen LogP contribution in [0.3, 0.4) is 0 Å². The highest BCUT2D eigenvalue weighted by molar-refractivity contribution is 5.96. The van der Waals surface area contributed by atoms with Gasteiger partial charge in [0.25, 0.3) is 0 Å². The Hall–Kier alpha value is -1.87. The lowest BCUT2D eigenvalue weighted by atomic mass is 9.83. The van der Waals surface area contributed by atoms with Gasteiger partial charge in [0.2, 0.25) is 0 Å². The molecule has 0 saturated carbocycles. The van der Waals surface area contributed by atoms with Gasteiger partial charge in [-0.25, -0.2) is 4.39 Å². The van der Waals surface area contributed by atoms with Gasteiger partial charge in [-0.1, -0.05) is 0 Å². The highest BCUT2D eigenvalue weighted by Crippen LogP contribution is 2.42. The second-order valence-electron chi connectivity index (χ2n) is 5.82. The Labute approximate surface area is 136 Å². The maximum Gasteiger partial charge on any atom is 0.471 e. The molecule has 0 aromatic heterocycles. The number of amides is 1. The molecule has 1 fully saturated rings. The Balaban J connectivity index is 2.44. The van der Waals surface area contributed by atoms with Crippen molar-refractivity contribution >= 4 is 11.6 Å². The normalized spacial score (nSPS) is 18.3. The van der Waals surface area contributed by atoms with E-state index in [4.69, 9.17) is 4.74 Å². The molecule has 0 radical (unpaired) electrons. The van der Waals surface area contributed by atoms with Crippen molar-refractivity contribution in [3.05, 3.63) is 23.5 Å². The third-order valence-corrected chi connectivity index (χ3v) is 4.08. The average molecular weight is 350 g/mol. The monoisotopic (exact) mass is 350 g/mol. The average Bonchev–Trinajstić information content (AvgIpc) is 2.49. The molecule has 1 saturated heterocycles. The smallest absolute Gasteiger partial charge is 0.471 e. The van der Waals surface area contributed by atoms with Crippen molar-refractivity contribution in [2.45, 2.75) is 24.6 Å². The summed E-state index contributed by atoms with van der Waals surface area (Å²) in [5.41, 5.74) is -1.89. The number of nitrogens with one attached hydrogen (secondary N) is 1. The van der Waals surface area contributed by atoms with E-state index in [2.05, 4.69) is 0 Å². The molecule has 2 N–H and O–H groups in total. The molecular weight excluding hydrogens is 332 g/mol. The van der Waals surface area contributed by atoms with Crippen molar-refractivity contribution < 1.29 is 32.2 Å². The molecule has 134 valence electrons. The number of aliphatic hydroxyl groups is 1. The van der Waals surface area contributed by atoms with Crippen molar-refractivity contribution in [1.29, 1.82) is 0 Å². The van der Waals surface area contributed by atoms with Gasteiger partial charge in [-0.15, -0.1) is 0 Å². The Kier molecular flexibility index (Phi) is 5.05. The van der Waals surface area contributed by atoms with Gasteiger partial charge in [-0.05, 0) is 26.0 Å². The fourth-order valence-electron chi connectivity index (χ4n) is 2.70. The van der Waals surface area contributed by atoms with Crippen LogP contribution in [0.5, 0.6) is 5.75 Å². The first-order valence-electron chi connectivity index (χ1n) is 7.24. The highest BCUT2D eigenvalue weighted by Gasteiger charge is 2.41. The Morgan fingerprint density at radius 3 is 2.42 bits per heavy atom. The van der Waals surface area contributed by atoms with E-state index in [-0.39, 0.29) is 24.2 Å². The summed E-state index contributed by atoms with van der Waals surface area (Å²) in [6.07, 6.45) is -4.60. The van der Waals surface area contributed by atoms with Crippen LogP contribution in [0.4, 0.5) is 23.2 Å². The lowest BCUT2D eigenvalue weighted by Gasteiger charge is -2.37. The molecule has 0 spiro atoms. The standard InChI is InChI=1S/C15H18F4N2O3/c1-21-5-3-14(23,4-6-21)10-7-9(16)8-11(12(10)24-2)20-13(22)15(17,18)19/h7-8,23H,3-6H2,1-2H3,(H,20,22). The lowest BCUT2D eigenvalue weighted by Crippen LogP contribution is -2.41. The Morgan fingerprint density at radius 1 is 1.33 bits per heavy atom. The number of hydrogen-bond donors (Lipinski definition) is 2. The number of ether oxygens (including phenoxy) is 1. The summed E-state index contributed by atoms with van der Waals surface area (Å²) >= 11 is 0. The number of benzene rings is 1. The minimum absolute atomic E-state index is 0.0237. The summed E-state index contributed by atoms with van der Waals surface area (Å²) in [6, 6.07) is 1.75. The van der Waals surface area contributed by atoms with Crippen molar-refractivity contribution in [2.75, 3.05) is 32.6 Å². The molecule has 0 atom stereocenters. The molecule has 1 heterocycles. The lowest BCUT2D eigenvalue weighted by molar-refractivity contribution is -0.167. The summed E-state index contributed by atoms with van der Waals surface area (Å²) in [6.45, 7) is 1.06. The van der Waals surface area contributed by atoms with E-state index in [1.165, 1.54) is 7.11 Å². The molecule has 0 bridgehead atoms. The van der Waals surface area contributed by atoms with Gasteiger partial charge in [-0.2, -0.15) is 13.2 Å². The van der Waals surface area contributed by atoms with Crippen LogP contribution in [0.15, 0.2) is 12.1 Å². The number of anilines is 1. The van der Waals surface area contributed by atoms with Gasteiger partial charge >= 0.3 is 12.1 Å². The number of piperidine rings is 1. The summed E-state index contributed by atoms with van der Waals surface area (Å²) in [5.74, 6) is -3.30. The van der Waals surface area contributed by atoms with Crippen molar-refractivity contribution in [3.63, 3.8) is 0 Å². The fourth-order valence-corrected chi connectivity index (χ4v) is 2.70. The number of likely N-dealkylation sites (tertiary alicyclic amines) is 1. The first kappa shape index (κ1) is 18.5. The first-order valence-corrected chi connectivity index (χ1v) is 7.24. The quantitative estimate of drug-likeness (QED) is 0.821. The van der Waals surface area contributed by atoms with E-state index in [1.807, 2.05) is 11.9 Å². The number of methoxy groups -OCH3 is 1. The van der Waals surface area contributed by atoms with Crippen molar-refractivity contribution in [2.24, 2.45) is 0 Å². The summed E-state index contributed by atoms with van der Waals surface area (Å²) < 4.78 is 56.3. The molecule has 1 amide bonds. The third kappa shape index (κ3) is 3.78. The van der Waals surface area contributed by atoms with Gasteiger partial charge in [0, 0.05) is 24.7 Å². The number of rotatable bonds is 3. The van der Waals surface area contributed by atoms with Crippen LogP contribution in [0.1, 0.15) is 18.4 Å². The van der Waals surface area contributed by atoms with Crippen molar-refractivity contribution in [3.8, 4) is 5.75 Å². The van der Waals surface area contributed by atoms with Gasteiger partial charge in [-0.3, -0.25) is 4.79 Å². The van der Waals surface area contributed by atoms with Crippen LogP contribution in [0.25, 0.3) is 0 Å². The number of carbonyl (C=O) groups excluding carboxylic acids is 1. The van der Waals surface area contributed by atoms with Gasteiger partial charge in [0.05, 0.1) is 18.4 Å². The zero-order valence-electron chi connectivity index (χ0n) is 13.2. The van der Waals surface area contributed by atoms with Crippen LogP contribution in [0, 0.1) is 5.82 Å². The molecule has 1 aliphatic rings. The molecule has 1 aromatic carbocycles. The second-order valence-corrected chi connectivity index (χ2v) is 5.82. The number of hydrogen-bond acceptors (Lipinski definition) is 4. The van der Waals surface area contributed by atoms with E-state index >= 15 is 0 Å². The maximum absolute atomic E-state index is 13.9. The van der Waals surface area contributed by atoms with Crippen LogP contribution >= 0.6 is 0 Å². The summed E-state index contributed by atoms with van der Waals surface area (Å²) in [4.78, 5) is 13.1. The minimum Gasteiger partial charge on any atom is -0.494 e. The first-order chi connectivity index (χ1) is 11.1. The van der Waals surface area contributed by atoms with Crippen LogP contribution in [-0.4, -0.2) is 49.3 Å². The summed E-state index contributed by atoms with van der Waals surface area (Å²) in [5, 5.41) is 12.4. The molecule has 0 aliphatic carbocycles. The van der Waals surface area contributed by atoms with E-state index < -0.39 is 29.2 Å². The van der Waals surface area contributed by atoms with E-state index in [0.717, 1.165) is 12.1 Å². The predicted molar refractivity (Wildman–Crippen MR) is 78.3 cm³/mol.